The normalized spacial score (nSPS) is 23.1. The van der Waals surface area contributed by atoms with E-state index in [-0.39, 0.29) is 11.3 Å². The number of amides is 1. The molecule has 142 valence electrons. The average Bonchev–Trinajstić information content (AvgIpc) is 3.53. The van der Waals surface area contributed by atoms with Gasteiger partial charge in [0.2, 0.25) is 5.91 Å². The minimum absolute atomic E-state index is 0.196. The number of likely N-dealkylation sites (tertiary alicyclic amines) is 1. The smallest absolute Gasteiger partial charge is 0.227 e. The number of benzene rings is 1. The van der Waals surface area contributed by atoms with Gasteiger partial charge in [-0.1, -0.05) is 24.3 Å². The van der Waals surface area contributed by atoms with Gasteiger partial charge in [0.25, 0.3) is 0 Å². The van der Waals surface area contributed by atoms with E-state index in [2.05, 4.69) is 39.5 Å². The van der Waals surface area contributed by atoms with Gasteiger partial charge in [0.15, 0.2) is 0 Å². The molecule has 2 aromatic rings. The number of carbonyl (C=O) groups excluding carboxylic acids is 1. The van der Waals surface area contributed by atoms with Gasteiger partial charge in [-0.3, -0.25) is 9.78 Å². The Hall–Kier alpha value is -2.20. The lowest BCUT2D eigenvalue weighted by molar-refractivity contribution is -0.134. The topological polar surface area (TPSA) is 45.2 Å². The summed E-state index contributed by atoms with van der Waals surface area (Å²) in [5.74, 6) is 1.06. The molecule has 27 heavy (non-hydrogen) atoms. The van der Waals surface area contributed by atoms with E-state index >= 15 is 0 Å². The largest absolute Gasteiger partial charge is 0.359 e. The van der Waals surface area contributed by atoms with Crippen LogP contribution in [0.5, 0.6) is 0 Å². The van der Waals surface area contributed by atoms with Gasteiger partial charge in [-0.25, -0.2) is 0 Å². The summed E-state index contributed by atoms with van der Waals surface area (Å²) in [4.78, 5) is 19.5. The van der Waals surface area contributed by atoms with Crippen molar-refractivity contribution in [2.45, 2.75) is 32.1 Å². The molecule has 1 aliphatic carbocycles. The number of hydrogen-bond acceptors (Lipinski definition) is 3. The molecular formula is C23H29N3O. The van der Waals surface area contributed by atoms with Crippen molar-refractivity contribution in [3.63, 3.8) is 0 Å². The summed E-state index contributed by atoms with van der Waals surface area (Å²) in [6, 6.07) is 12.7. The Bertz CT molecular complexity index is 770. The highest BCUT2D eigenvalue weighted by atomic mass is 16.2. The number of nitrogens with one attached hydrogen (secondary N) is 1. The highest BCUT2D eigenvalue weighted by Gasteiger charge is 2.42. The number of rotatable bonds is 6. The molecule has 4 nitrogen and oxygen atoms in total. The first-order chi connectivity index (χ1) is 13.2. The second-order valence-corrected chi connectivity index (χ2v) is 8.25. The molecule has 0 spiro atoms. The zero-order valence-electron chi connectivity index (χ0n) is 16.2. The van der Waals surface area contributed by atoms with Crippen LogP contribution in [0.4, 0.5) is 0 Å². The summed E-state index contributed by atoms with van der Waals surface area (Å²) in [6.07, 6.45) is 9.25. The Morgan fingerprint density at radius 1 is 1.15 bits per heavy atom. The quantitative estimate of drug-likeness (QED) is 0.854. The third-order valence-corrected chi connectivity index (χ3v) is 6.09. The molecule has 4 rings (SSSR count). The molecule has 0 bridgehead atoms. The zero-order chi connectivity index (χ0) is 18.7. The number of piperidine rings is 1. The Labute approximate surface area is 162 Å². The average molecular weight is 364 g/mol. The van der Waals surface area contributed by atoms with Gasteiger partial charge < -0.3 is 10.2 Å². The van der Waals surface area contributed by atoms with E-state index in [4.69, 9.17) is 0 Å². The van der Waals surface area contributed by atoms with Gasteiger partial charge in [-0.05, 0) is 73.4 Å². The van der Waals surface area contributed by atoms with E-state index < -0.39 is 0 Å². The molecular weight excluding hydrogens is 334 g/mol. The second-order valence-electron chi connectivity index (χ2n) is 8.25. The minimum atomic E-state index is -0.305. The lowest BCUT2D eigenvalue weighted by atomic mass is 9.74. The Kier molecular flexibility index (Phi) is 5.26. The molecule has 4 heteroatoms. The summed E-state index contributed by atoms with van der Waals surface area (Å²) in [5, 5.41) is 2.95. The van der Waals surface area contributed by atoms with Gasteiger partial charge in [0, 0.05) is 32.5 Å². The predicted octanol–water partition coefficient (Wildman–Crippen LogP) is 3.53. The van der Waals surface area contributed by atoms with E-state index in [1.54, 1.807) is 7.05 Å². The Balaban J connectivity index is 1.52. The van der Waals surface area contributed by atoms with Crippen LogP contribution < -0.4 is 5.32 Å². The highest BCUT2D eigenvalue weighted by molar-refractivity contribution is 5.83. The van der Waals surface area contributed by atoms with Gasteiger partial charge in [0.05, 0.1) is 5.41 Å². The van der Waals surface area contributed by atoms with Crippen molar-refractivity contribution in [2.75, 3.05) is 26.7 Å². The second kappa shape index (κ2) is 7.81. The van der Waals surface area contributed by atoms with Crippen LogP contribution in [-0.2, 0) is 11.2 Å². The molecule has 1 amide bonds. The van der Waals surface area contributed by atoms with E-state index in [1.807, 2.05) is 24.5 Å². The summed E-state index contributed by atoms with van der Waals surface area (Å²) in [7, 11) is 1.77. The Morgan fingerprint density at radius 2 is 1.85 bits per heavy atom. The van der Waals surface area contributed by atoms with Crippen LogP contribution in [0.3, 0.4) is 0 Å². The SMILES string of the molecule is CNC(=O)C1(Cc2ccc(-c3ccncc3)cc2)CCCN(CC2CC2)C1. The van der Waals surface area contributed by atoms with Crippen molar-refractivity contribution in [3.05, 3.63) is 54.4 Å². The fraction of sp³-hybridized carbons (Fsp3) is 0.478. The van der Waals surface area contributed by atoms with Crippen LogP contribution in [-0.4, -0.2) is 42.5 Å². The van der Waals surface area contributed by atoms with Gasteiger partial charge >= 0.3 is 0 Å². The molecule has 1 N–H and O–H groups in total. The molecule has 1 saturated heterocycles. The van der Waals surface area contributed by atoms with Crippen molar-refractivity contribution in [2.24, 2.45) is 11.3 Å². The molecule has 2 fully saturated rings. The van der Waals surface area contributed by atoms with Gasteiger partial charge in [0.1, 0.15) is 0 Å². The van der Waals surface area contributed by atoms with Crippen LogP contribution >= 0.6 is 0 Å². The van der Waals surface area contributed by atoms with Crippen LogP contribution in [0.25, 0.3) is 11.1 Å². The summed E-state index contributed by atoms with van der Waals surface area (Å²) >= 11 is 0. The van der Waals surface area contributed by atoms with E-state index in [9.17, 15) is 4.79 Å². The minimum Gasteiger partial charge on any atom is -0.359 e. The highest BCUT2D eigenvalue weighted by Crippen LogP contribution is 2.37. The van der Waals surface area contributed by atoms with Gasteiger partial charge in [-0.2, -0.15) is 0 Å². The fourth-order valence-corrected chi connectivity index (χ4v) is 4.47. The summed E-state index contributed by atoms with van der Waals surface area (Å²) < 4.78 is 0. The standard InChI is InChI=1S/C23H29N3O/c1-24-22(27)23(11-2-14-26(17-23)16-19-3-4-19)15-18-5-7-20(8-6-18)21-9-12-25-13-10-21/h5-10,12-13,19H,2-4,11,14-17H2,1H3,(H,24,27). The van der Waals surface area contributed by atoms with Crippen molar-refractivity contribution in [1.82, 2.24) is 15.2 Å². The van der Waals surface area contributed by atoms with Crippen molar-refractivity contribution in [1.29, 1.82) is 0 Å². The Morgan fingerprint density at radius 3 is 2.52 bits per heavy atom. The van der Waals surface area contributed by atoms with E-state index in [1.165, 1.54) is 36.1 Å². The number of pyridine rings is 1. The third-order valence-electron chi connectivity index (χ3n) is 6.09. The number of nitrogens with zero attached hydrogens (tertiary/aromatic N) is 2. The van der Waals surface area contributed by atoms with E-state index in [0.717, 1.165) is 38.3 Å². The predicted molar refractivity (Wildman–Crippen MR) is 108 cm³/mol. The van der Waals surface area contributed by atoms with Crippen molar-refractivity contribution >= 4 is 5.91 Å². The van der Waals surface area contributed by atoms with E-state index in [0.29, 0.717) is 0 Å². The molecule has 1 aromatic heterocycles. The maximum atomic E-state index is 12.9. The monoisotopic (exact) mass is 363 g/mol. The van der Waals surface area contributed by atoms with Crippen LogP contribution in [0, 0.1) is 11.3 Å². The molecule has 1 atom stereocenters. The lowest BCUT2D eigenvalue weighted by Crippen LogP contribution is -2.52. The molecule has 2 heterocycles. The number of carbonyl (C=O) groups is 1. The molecule has 2 aliphatic rings. The molecule has 1 aliphatic heterocycles. The lowest BCUT2D eigenvalue weighted by Gasteiger charge is -2.42. The maximum absolute atomic E-state index is 12.9. The number of hydrogen-bond donors (Lipinski definition) is 1. The first-order valence-corrected chi connectivity index (χ1v) is 10.1. The first kappa shape index (κ1) is 18.2. The summed E-state index contributed by atoms with van der Waals surface area (Å²) in [6.45, 7) is 3.19. The zero-order valence-corrected chi connectivity index (χ0v) is 16.2. The van der Waals surface area contributed by atoms with Crippen LogP contribution in [0.2, 0.25) is 0 Å². The summed E-state index contributed by atoms with van der Waals surface area (Å²) in [5.41, 5.74) is 3.30. The molecule has 1 aromatic carbocycles. The van der Waals surface area contributed by atoms with Crippen LogP contribution in [0.15, 0.2) is 48.8 Å². The van der Waals surface area contributed by atoms with Crippen molar-refractivity contribution in [3.8, 4) is 11.1 Å². The molecule has 1 unspecified atom stereocenters. The molecule has 0 radical (unpaired) electrons. The maximum Gasteiger partial charge on any atom is 0.227 e. The van der Waals surface area contributed by atoms with Gasteiger partial charge in [-0.15, -0.1) is 0 Å². The van der Waals surface area contributed by atoms with Crippen LogP contribution in [0.1, 0.15) is 31.2 Å². The van der Waals surface area contributed by atoms with Crippen molar-refractivity contribution < 1.29 is 4.79 Å². The fourth-order valence-electron chi connectivity index (χ4n) is 4.47. The number of aromatic nitrogens is 1. The molecule has 1 saturated carbocycles. The third kappa shape index (κ3) is 4.22. The first-order valence-electron chi connectivity index (χ1n) is 10.1.